The van der Waals surface area contributed by atoms with Crippen molar-refractivity contribution in [1.82, 2.24) is 5.32 Å². The third-order valence-electron chi connectivity index (χ3n) is 3.20. The predicted molar refractivity (Wildman–Crippen MR) is 69.1 cm³/mol. The fourth-order valence-electron chi connectivity index (χ4n) is 2.30. The number of fused-ring (bicyclic) bond motifs is 1. The van der Waals surface area contributed by atoms with Crippen molar-refractivity contribution >= 4 is 17.2 Å². The molecule has 1 aliphatic rings. The van der Waals surface area contributed by atoms with Crippen LogP contribution in [0, 0.1) is 0 Å². The lowest BCUT2D eigenvalue weighted by Crippen LogP contribution is -2.30. The lowest BCUT2D eigenvalue weighted by Gasteiger charge is -2.23. The van der Waals surface area contributed by atoms with Gasteiger partial charge in [0, 0.05) is 17.9 Å². The van der Waals surface area contributed by atoms with Crippen molar-refractivity contribution < 1.29 is 9.90 Å². The van der Waals surface area contributed by atoms with Gasteiger partial charge in [-0.15, -0.1) is 11.3 Å². The zero-order valence-electron chi connectivity index (χ0n) is 9.95. The van der Waals surface area contributed by atoms with Gasteiger partial charge in [0.2, 0.25) is 5.91 Å². The second-order valence-corrected chi connectivity index (χ2v) is 5.49. The third kappa shape index (κ3) is 3.30. The Morgan fingerprint density at radius 1 is 1.53 bits per heavy atom. The maximum Gasteiger partial charge on any atom is 0.220 e. The Bertz CT molecular complexity index is 375. The molecule has 4 heteroatoms. The minimum Gasteiger partial charge on any atom is -0.396 e. The summed E-state index contributed by atoms with van der Waals surface area (Å²) < 4.78 is 0. The minimum atomic E-state index is 0.113. The highest BCUT2D eigenvalue weighted by atomic mass is 32.1. The molecule has 1 aliphatic carbocycles. The molecular formula is C13H19NO2S. The number of nitrogens with one attached hydrogen (secondary N) is 1. The fraction of sp³-hybridized carbons (Fsp3) is 0.615. The highest BCUT2D eigenvalue weighted by Gasteiger charge is 2.22. The average Bonchev–Trinajstić information content (AvgIpc) is 2.78. The summed E-state index contributed by atoms with van der Waals surface area (Å²) in [5.74, 6) is 0.113. The van der Waals surface area contributed by atoms with Gasteiger partial charge in [-0.05, 0) is 49.1 Å². The zero-order valence-corrected chi connectivity index (χ0v) is 10.8. The second-order valence-electron chi connectivity index (χ2n) is 4.49. The van der Waals surface area contributed by atoms with Crippen LogP contribution in [0.4, 0.5) is 0 Å². The summed E-state index contributed by atoms with van der Waals surface area (Å²) in [6.07, 6.45) is 5.37. The summed E-state index contributed by atoms with van der Waals surface area (Å²) in [4.78, 5) is 13.2. The van der Waals surface area contributed by atoms with Crippen LogP contribution in [0.15, 0.2) is 11.4 Å². The van der Waals surface area contributed by atoms with Crippen molar-refractivity contribution in [3.63, 3.8) is 0 Å². The van der Waals surface area contributed by atoms with E-state index >= 15 is 0 Å². The number of carbonyl (C=O) groups excluding carboxylic acids is 1. The molecule has 0 aliphatic heterocycles. The number of amides is 1. The van der Waals surface area contributed by atoms with Gasteiger partial charge in [-0.2, -0.15) is 0 Å². The second kappa shape index (κ2) is 6.17. The molecule has 0 saturated carbocycles. The number of carbonyl (C=O) groups is 1. The van der Waals surface area contributed by atoms with Gasteiger partial charge in [-0.3, -0.25) is 4.79 Å². The first-order valence-electron chi connectivity index (χ1n) is 6.27. The number of aliphatic hydroxyl groups is 1. The summed E-state index contributed by atoms with van der Waals surface area (Å²) in [6, 6.07) is 2.35. The van der Waals surface area contributed by atoms with Crippen molar-refractivity contribution in [1.29, 1.82) is 0 Å². The van der Waals surface area contributed by atoms with E-state index in [0.29, 0.717) is 12.8 Å². The Morgan fingerprint density at radius 3 is 3.24 bits per heavy atom. The van der Waals surface area contributed by atoms with Crippen molar-refractivity contribution in [3.05, 3.63) is 21.9 Å². The number of hydrogen-bond acceptors (Lipinski definition) is 3. The van der Waals surface area contributed by atoms with E-state index in [1.807, 2.05) is 0 Å². The molecule has 94 valence electrons. The first kappa shape index (κ1) is 12.6. The normalized spacial score (nSPS) is 18.8. The predicted octanol–water partition coefficient (Wildman–Crippen LogP) is 2.40. The molecule has 2 rings (SSSR count). The molecule has 0 spiro atoms. The van der Waals surface area contributed by atoms with Crippen LogP contribution in [-0.2, 0) is 11.2 Å². The quantitative estimate of drug-likeness (QED) is 0.792. The maximum atomic E-state index is 11.7. The highest BCUT2D eigenvalue weighted by molar-refractivity contribution is 7.10. The van der Waals surface area contributed by atoms with Crippen LogP contribution in [-0.4, -0.2) is 17.6 Å². The SMILES string of the molecule is O=C(CCCCO)NC1CCCc2sccc21. The zero-order chi connectivity index (χ0) is 12.1. The van der Waals surface area contributed by atoms with E-state index in [1.54, 1.807) is 11.3 Å². The molecule has 2 N–H and O–H groups in total. The summed E-state index contributed by atoms with van der Waals surface area (Å²) in [5, 5.41) is 13.9. The molecule has 0 radical (unpaired) electrons. The summed E-state index contributed by atoms with van der Waals surface area (Å²) in [7, 11) is 0. The molecule has 1 amide bonds. The van der Waals surface area contributed by atoms with E-state index in [4.69, 9.17) is 5.11 Å². The van der Waals surface area contributed by atoms with E-state index in [0.717, 1.165) is 25.7 Å². The van der Waals surface area contributed by atoms with Gasteiger partial charge in [0.1, 0.15) is 0 Å². The van der Waals surface area contributed by atoms with Gasteiger partial charge >= 0.3 is 0 Å². The molecule has 0 bridgehead atoms. The first-order chi connectivity index (χ1) is 8.31. The fourth-order valence-corrected chi connectivity index (χ4v) is 3.29. The van der Waals surface area contributed by atoms with E-state index < -0.39 is 0 Å². The number of hydrogen-bond donors (Lipinski definition) is 2. The maximum absolute atomic E-state index is 11.7. The van der Waals surface area contributed by atoms with Crippen molar-refractivity contribution in [2.24, 2.45) is 0 Å². The monoisotopic (exact) mass is 253 g/mol. The number of aryl methyl sites for hydroxylation is 1. The van der Waals surface area contributed by atoms with Crippen molar-refractivity contribution in [3.8, 4) is 0 Å². The number of unbranched alkanes of at least 4 members (excludes halogenated alkanes) is 1. The summed E-state index contributed by atoms with van der Waals surface area (Å²) >= 11 is 1.79. The molecule has 0 fully saturated rings. The van der Waals surface area contributed by atoms with Crippen LogP contribution < -0.4 is 5.32 Å². The van der Waals surface area contributed by atoms with Gasteiger partial charge in [0.25, 0.3) is 0 Å². The Hall–Kier alpha value is -0.870. The van der Waals surface area contributed by atoms with E-state index in [1.165, 1.54) is 10.4 Å². The van der Waals surface area contributed by atoms with Crippen LogP contribution in [0.25, 0.3) is 0 Å². The van der Waals surface area contributed by atoms with Gasteiger partial charge in [-0.1, -0.05) is 0 Å². The van der Waals surface area contributed by atoms with Gasteiger partial charge in [0.15, 0.2) is 0 Å². The Morgan fingerprint density at radius 2 is 2.41 bits per heavy atom. The van der Waals surface area contributed by atoms with Gasteiger partial charge in [-0.25, -0.2) is 0 Å². The van der Waals surface area contributed by atoms with E-state index in [9.17, 15) is 4.79 Å². The summed E-state index contributed by atoms with van der Waals surface area (Å²) in [6.45, 7) is 0.172. The number of aliphatic hydroxyl groups excluding tert-OH is 1. The minimum absolute atomic E-state index is 0.113. The molecule has 1 unspecified atom stereocenters. The first-order valence-corrected chi connectivity index (χ1v) is 7.15. The lowest BCUT2D eigenvalue weighted by atomic mass is 9.94. The topological polar surface area (TPSA) is 49.3 Å². The molecule has 1 aromatic rings. The Kier molecular flexibility index (Phi) is 4.57. The average molecular weight is 253 g/mol. The number of thiophene rings is 1. The lowest BCUT2D eigenvalue weighted by molar-refractivity contribution is -0.122. The van der Waals surface area contributed by atoms with Crippen LogP contribution in [0.1, 0.15) is 48.6 Å². The summed E-state index contributed by atoms with van der Waals surface area (Å²) in [5.41, 5.74) is 1.32. The molecule has 0 aromatic carbocycles. The van der Waals surface area contributed by atoms with Crippen LogP contribution >= 0.6 is 11.3 Å². The van der Waals surface area contributed by atoms with Crippen LogP contribution in [0.3, 0.4) is 0 Å². The van der Waals surface area contributed by atoms with Crippen LogP contribution in [0.5, 0.6) is 0 Å². The smallest absolute Gasteiger partial charge is 0.220 e. The van der Waals surface area contributed by atoms with Crippen molar-refractivity contribution in [2.75, 3.05) is 6.61 Å². The Balaban J connectivity index is 1.86. The van der Waals surface area contributed by atoms with E-state index in [2.05, 4.69) is 16.8 Å². The van der Waals surface area contributed by atoms with Crippen molar-refractivity contribution in [2.45, 2.75) is 44.6 Å². The van der Waals surface area contributed by atoms with E-state index in [-0.39, 0.29) is 18.6 Å². The molecule has 17 heavy (non-hydrogen) atoms. The molecule has 3 nitrogen and oxygen atoms in total. The molecule has 1 heterocycles. The number of rotatable bonds is 5. The molecule has 0 saturated heterocycles. The Labute approximate surface area is 106 Å². The molecule has 1 atom stereocenters. The largest absolute Gasteiger partial charge is 0.396 e. The molecule has 1 aromatic heterocycles. The molecular weight excluding hydrogens is 234 g/mol. The van der Waals surface area contributed by atoms with Gasteiger partial charge in [0.05, 0.1) is 6.04 Å². The third-order valence-corrected chi connectivity index (χ3v) is 4.20. The van der Waals surface area contributed by atoms with Gasteiger partial charge < -0.3 is 10.4 Å². The highest BCUT2D eigenvalue weighted by Crippen LogP contribution is 2.33. The standard InChI is InChI=1S/C13H19NO2S/c15-8-2-1-6-13(16)14-11-4-3-5-12-10(11)7-9-17-12/h7,9,11,15H,1-6,8H2,(H,14,16). The van der Waals surface area contributed by atoms with Crippen LogP contribution in [0.2, 0.25) is 0 Å².